The van der Waals surface area contributed by atoms with Gasteiger partial charge in [-0.3, -0.25) is 4.79 Å². The summed E-state index contributed by atoms with van der Waals surface area (Å²) in [6, 6.07) is 13.2. The van der Waals surface area contributed by atoms with Gasteiger partial charge in [0.05, 0.1) is 12.2 Å². The zero-order valence-electron chi connectivity index (χ0n) is 19.2. The van der Waals surface area contributed by atoms with E-state index in [2.05, 4.69) is 5.32 Å². The van der Waals surface area contributed by atoms with Crippen molar-refractivity contribution in [2.24, 2.45) is 0 Å². The molecular formula is C27H26ClNO5. The van der Waals surface area contributed by atoms with Crippen molar-refractivity contribution in [2.75, 3.05) is 13.4 Å². The van der Waals surface area contributed by atoms with Gasteiger partial charge in [0.15, 0.2) is 17.3 Å². The predicted octanol–water partition coefficient (Wildman–Crippen LogP) is 5.38. The summed E-state index contributed by atoms with van der Waals surface area (Å²) in [4.78, 5) is 26.8. The van der Waals surface area contributed by atoms with Crippen LogP contribution in [-0.4, -0.2) is 25.2 Å². The molecular weight excluding hydrogens is 454 g/mol. The van der Waals surface area contributed by atoms with Crippen LogP contribution in [0, 0.1) is 0 Å². The number of esters is 1. The lowest BCUT2D eigenvalue weighted by atomic mass is 9.71. The summed E-state index contributed by atoms with van der Waals surface area (Å²) in [5, 5.41) is 4.04. The SMILES string of the molecule is CCCOC(=O)C1=C(C)NC2=C(C(=O)CC(c3ccc(Cl)cc3)C2)C1c1ccc2c(c1)OCO2. The smallest absolute Gasteiger partial charge is 0.336 e. The highest BCUT2D eigenvalue weighted by Gasteiger charge is 2.41. The van der Waals surface area contributed by atoms with E-state index in [9.17, 15) is 9.59 Å². The first-order chi connectivity index (χ1) is 16.5. The van der Waals surface area contributed by atoms with Crippen molar-refractivity contribution in [1.82, 2.24) is 5.32 Å². The fourth-order valence-electron chi connectivity index (χ4n) is 4.98. The molecule has 0 amide bonds. The second-order valence-electron chi connectivity index (χ2n) is 8.82. The second-order valence-corrected chi connectivity index (χ2v) is 9.25. The molecule has 0 saturated carbocycles. The van der Waals surface area contributed by atoms with Gasteiger partial charge in [-0.15, -0.1) is 0 Å². The first-order valence-corrected chi connectivity index (χ1v) is 11.9. The number of ether oxygens (including phenoxy) is 3. The highest BCUT2D eigenvalue weighted by atomic mass is 35.5. The van der Waals surface area contributed by atoms with Gasteiger partial charge in [0.2, 0.25) is 6.79 Å². The molecule has 0 radical (unpaired) electrons. The first-order valence-electron chi connectivity index (χ1n) is 11.5. The third kappa shape index (κ3) is 4.07. The molecule has 2 aromatic rings. The Morgan fingerprint density at radius 3 is 2.59 bits per heavy atom. The predicted molar refractivity (Wildman–Crippen MR) is 128 cm³/mol. The number of fused-ring (bicyclic) bond motifs is 1. The molecule has 0 saturated heterocycles. The Bertz CT molecular complexity index is 1210. The maximum Gasteiger partial charge on any atom is 0.336 e. The summed E-state index contributed by atoms with van der Waals surface area (Å²) >= 11 is 6.06. The second kappa shape index (κ2) is 9.18. The number of carbonyl (C=O) groups excluding carboxylic acids is 2. The highest BCUT2D eigenvalue weighted by molar-refractivity contribution is 6.30. The van der Waals surface area contributed by atoms with Crippen molar-refractivity contribution in [2.45, 2.75) is 44.9 Å². The average Bonchev–Trinajstić information content (AvgIpc) is 3.30. The van der Waals surface area contributed by atoms with E-state index < -0.39 is 11.9 Å². The van der Waals surface area contributed by atoms with Crippen molar-refractivity contribution in [3.8, 4) is 11.5 Å². The van der Waals surface area contributed by atoms with Gasteiger partial charge in [-0.2, -0.15) is 0 Å². The van der Waals surface area contributed by atoms with E-state index >= 15 is 0 Å². The molecule has 34 heavy (non-hydrogen) atoms. The largest absolute Gasteiger partial charge is 0.462 e. The standard InChI is InChI=1S/C27H26ClNO5/c1-3-10-32-27(31)24-15(2)29-20-11-18(16-4-7-19(28)8-5-16)12-21(30)26(20)25(24)17-6-9-22-23(13-17)34-14-33-22/h4-9,13,18,25,29H,3,10-12,14H2,1-2H3. The lowest BCUT2D eigenvalue weighted by Crippen LogP contribution is -2.36. The molecule has 2 aromatic carbocycles. The molecule has 2 unspecified atom stereocenters. The van der Waals surface area contributed by atoms with Gasteiger partial charge in [0, 0.05) is 34.3 Å². The topological polar surface area (TPSA) is 73.9 Å². The molecule has 7 heteroatoms. The number of hydrogen-bond acceptors (Lipinski definition) is 6. The molecule has 0 bridgehead atoms. The number of dihydropyridines is 1. The Balaban J connectivity index is 1.57. The molecule has 1 aliphatic carbocycles. The van der Waals surface area contributed by atoms with Crippen LogP contribution in [0.3, 0.4) is 0 Å². The van der Waals surface area contributed by atoms with Crippen LogP contribution in [0.15, 0.2) is 65.0 Å². The van der Waals surface area contributed by atoms with Crippen molar-refractivity contribution >= 4 is 23.4 Å². The molecule has 0 fully saturated rings. The number of rotatable bonds is 5. The van der Waals surface area contributed by atoms with Gasteiger partial charge in [0.1, 0.15) is 0 Å². The lowest BCUT2D eigenvalue weighted by Gasteiger charge is -2.36. The summed E-state index contributed by atoms with van der Waals surface area (Å²) in [5.74, 6) is 0.377. The molecule has 6 nitrogen and oxygen atoms in total. The molecule has 2 atom stereocenters. The van der Waals surface area contributed by atoms with E-state index in [4.69, 9.17) is 25.8 Å². The van der Waals surface area contributed by atoms with Crippen molar-refractivity contribution in [3.05, 3.63) is 81.2 Å². The number of Topliss-reactive ketones (excluding diaryl/α,β-unsaturated/α-hetero) is 1. The summed E-state index contributed by atoms with van der Waals surface area (Å²) < 4.78 is 16.6. The first kappa shape index (κ1) is 22.5. The van der Waals surface area contributed by atoms with Crippen LogP contribution in [0.1, 0.15) is 56.1 Å². The zero-order valence-corrected chi connectivity index (χ0v) is 19.9. The Morgan fingerprint density at radius 2 is 1.82 bits per heavy atom. The van der Waals surface area contributed by atoms with Gasteiger partial charge in [0.25, 0.3) is 0 Å². The van der Waals surface area contributed by atoms with E-state index in [0.29, 0.717) is 52.8 Å². The van der Waals surface area contributed by atoms with Crippen molar-refractivity contribution < 1.29 is 23.8 Å². The van der Waals surface area contributed by atoms with Gasteiger partial charge in [-0.05, 0) is 61.1 Å². The van der Waals surface area contributed by atoms with E-state index in [1.54, 1.807) is 0 Å². The fourth-order valence-corrected chi connectivity index (χ4v) is 5.10. The maximum atomic E-state index is 13.6. The van der Waals surface area contributed by atoms with Crippen LogP contribution in [0.4, 0.5) is 0 Å². The third-order valence-corrected chi connectivity index (χ3v) is 6.81. The number of allylic oxidation sites excluding steroid dienone is 3. The van der Waals surface area contributed by atoms with Gasteiger partial charge >= 0.3 is 5.97 Å². The van der Waals surface area contributed by atoms with Crippen LogP contribution in [0.25, 0.3) is 0 Å². The Labute approximate surface area is 203 Å². The Morgan fingerprint density at radius 1 is 1.09 bits per heavy atom. The normalized spacial score (nSPS) is 21.3. The van der Waals surface area contributed by atoms with Crippen LogP contribution >= 0.6 is 11.6 Å². The number of ketones is 1. The third-order valence-electron chi connectivity index (χ3n) is 6.56. The molecule has 0 aromatic heterocycles. The number of carbonyl (C=O) groups is 2. The van der Waals surface area contributed by atoms with Gasteiger partial charge in [-0.1, -0.05) is 36.7 Å². The quantitative estimate of drug-likeness (QED) is 0.580. The minimum absolute atomic E-state index is 0.0182. The number of nitrogens with one attached hydrogen (secondary N) is 1. The molecule has 0 spiro atoms. The summed E-state index contributed by atoms with van der Waals surface area (Å²) in [6.07, 6.45) is 1.74. The number of hydrogen-bond donors (Lipinski definition) is 1. The Kier molecular flexibility index (Phi) is 6.09. The van der Waals surface area contributed by atoms with Gasteiger partial charge < -0.3 is 19.5 Å². The Hall–Kier alpha value is -3.25. The molecule has 3 aliphatic rings. The monoisotopic (exact) mass is 479 g/mol. The van der Waals surface area contributed by atoms with E-state index in [1.807, 2.05) is 56.3 Å². The fraction of sp³-hybridized carbons (Fsp3) is 0.333. The van der Waals surface area contributed by atoms with Crippen molar-refractivity contribution in [3.63, 3.8) is 0 Å². The summed E-state index contributed by atoms with van der Waals surface area (Å²) in [7, 11) is 0. The van der Waals surface area contributed by atoms with Crippen LogP contribution in [0.5, 0.6) is 11.5 Å². The molecule has 5 rings (SSSR count). The minimum Gasteiger partial charge on any atom is -0.462 e. The van der Waals surface area contributed by atoms with Crippen molar-refractivity contribution in [1.29, 1.82) is 0 Å². The number of halogens is 1. The molecule has 2 aliphatic heterocycles. The highest BCUT2D eigenvalue weighted by Crippen LogP contribution is 2.47. The maximum absolute atomic E-state index is 13.6. The molecule has 2 heterocycles. The van der Waals surface area contributed by atoms with Crippen LogP contribution < -0.4 is 14.8 Å². The summed E-state index contributed by atoms with van der Waals surface area (Å²) in [6.45, 7) is 4.29. The zero-order chi connectivity index (χ0) is 23.8. The number of benzene rings is 2. The van der Waals surface area contributed by atoms with E-state index in [0.717, 1.165) is 23.2 Å². The molecule has 1 N–H and O–H groups in total. The van der Waals surface area contributed by atoms with E-state index in [1.165, 1.54) is 0 Å². The van der Waals surface area contributed by atoms with E-state index in [-0.39, 0.29) is 18.5 Å². The van der Waals surface area contributed by atoms with Crippen LogP contribution in [-0.2, 0) is 14.3 Å². The minimum atomic E-state index is -0.534. The molecule has 176 valence electrons. The summed E-state index contributed by atoms with van der Waals surface area (Å²) in [5.41, 5.74) is 4.51. The van der Waals surface area contributed by atoms with Crippen LogP contribution in [0.2, 0.25) is 5.02 Å². The average molecular weight is 480 g/mol. The lowest BCUT2D eigenvalue weighted by molar-refractivity contribution is -0.139. The van der Waals surface area contributed by atoms with Gasteiger partial charge in [-0.25, -0.2) is 4.79 Å².